The van der Waals surface area contributed by atoms with Gasteiger partial charge in [0.05, 0.1) is 12.5 Å². The number of aliphatic carboxylic acids is 1. The highest BCUT2D eigenvalue weighted by molar-refractivity contribution is 5.86. The average molecular weight is 265 g/mol. The molecule has 2 fully saturated rings. The molecule has 2 saturated carbocycles. The molecule has 2 aliphatic rings. The van der Waals surface area contributed by atoms with Crippen LogP contribution < -0.4 is 5.32 Å². The Morgan fingerprint density at radius 2 is 2.05 bits per heavy atom. The maximum Gasteiger partial charge on any atom is 0.329 e. The van der Waals surface area contributed by atoms with Crippen molar-refractivity contribution in [2.75, 3.05) is 6.54 Å². The van der Waals surface area contributed by atoms with Crippen LogP contribution in [0.2, 0.25) is 0 Å². The smallest absolute Gasteiger partial charge is 0.329 e. The second kappa shape index (κ2) is 5.08. The highest BCUT2D eigenvalue weighted by Gasteiger charge is 2.49. The molecule has 1 unspecified atom stereocenters. The lowest BCUT2D eigenvalue weighted by Gasteiger charge is -2.30. The van der Waals surface area contributed by atoms with E-state index < -0.39 is 11.5 Å². The Kier molecular flexibility index (Phi) is 3.65. The van der Waals surface area contributed by atoms with E-state index in [4.69, 9.17) is 5.26 Å². The summed E-state index contributed by atoms with van der Waals surface area (Å²) < 4.78 is 0. The maximum absolute atomic E-state index is 12.2. The van der Waals surface area contributed by atoms with Gasteiger partial charge in [-0.3, -0.25) is 0 Å². The number of carboxylic acid groups (broad SMARTS) is 1. The van der Waals surface area contributed by atoms with Gasteiger partial charge in [-0.05, 0) is 38.5 Å². The second-order valence-corrected chi connectivity index (χ2v) is 5.54. The molecular formula is C13H19N3O3. The number of nitrogens with one attached hydrogen (secondary N) is 1. The lowest BCUT2D eigenvalue weighted by molar-refractivity contribution is -0.144. The molecule has 6 heteroatoms. The van der Waals surface area contributed by atoms with Crippen molar-refractivity contribution in [2.24, 2.45) is 5.92 Å². The minimum Gasteiger partial charge on any atom is -0.480 e. The Morgan fingerprint density at radius 3 is 2.47 bits per heavy atom. The zero-order valence-electron chi connectivity index (χ0n) is 11.1. The van der Waals surface area contributed by atoms with Gasteiger partial charge in [-0.1, -0.05) is 0 Å². The van der Waals surface area contributed by atoms with Crippen LogP contribution in [0.5, 0.6) is 0 Å². The Hall–Kier alpha value is -1.77. The van der Waals surface area contributed by atoms with E-state index in [0.717, 1.165) is 25.7 Å². The monoisotopic (exact) mass is 265 g/mol. The van der Waals surface area contributed by atoms with Gasteiger partial charge in [-0.15, -0.1) is 0 Å². The molecule has 0 radical (unpaired) electrons. The van der Waals surface area contributed by atoms with Crippen LogP contribution in [0.3, 0.4) is 0 Å². The third kappa shape index (κ3) is 2.98. The molecule has 104 valence electrons. The first-order valence-corrected chi connectivity index (χ1v) is 6.68. The van der Waals surface area contributed by atoms with E-state index >= 15 is 0 Å². The van der Waals surface area contributed by atoms with Gasteiger partial charge in [-0.2, -0.15) is 5.26 Å². The predicted molar refractivity (Wildman–Crippen MR) is 67.3 cm³/mol. The summed E-state index contributed by atoms with van der Waals surface area (Å²) in [5.41, 5.74) is -1.18. The van der Waals surface area contributed by atoms with Crippen LogP contribution in [0.25, 0.3) is 0 Å². The molecule has 0 aromatic heterocycles. The molecule has 0 heterocycles. The standard InChI is InChI=1S/C13H19N3O3/c1-13(11(17)18,9-3-4-9)15-12(19)16(8-2-7-14)10-5-6-10/h9-10H,2-6,8H2,1H3,(H,15,19)(H,17,18). The molecule has 0 aromatic rings. The molecule has 0 saturated heterocycles. The molecule has 2 aliphatic carbocycles. The molecule has 0 aliphatic heterocycles. The fourth-order valence-corrected chi connectivity index (χ4v) is 2.29. The molecule has 2 amide bonds. The number of nitrogens with zero attached hydrogens (tertiary/aromatic N) is 2. The van der Waals surface area contributed by atoms with Crippen molar-refractivity contribution in [3.05, 3.63) is 0 Å². The first kappa shape index (κ1) is 13.7. The summed E-state index contributed by atoms with van der Waals surface area (Å²) in [6.45, 7) is 1.94. The van der Waals surface area contributed by atoms with E-state index in [0.29, 0.717) is 6.54 Å². The van der Waals surface area contributed by atoms with Crippen LogP contribution in [0.15, 0.2) is 0 Å². The van der Waals surface area contributed by atoms with Crippen molar-refractivity contribution >= 4 is 12.0 Å². The summed E-state index contributed by atoms with van der Waals surface area (Å²) in [7, 11) is 0. The number of carbonyl (C=O) groups is 2. The third-order valence-corrected chi connectivity index (χ3v) is 3.92. The highest BCUT2D eigenvalue weighted by atomic mass is 16.4. The summed E-state index contributed by atoms with van der Waals surface area (Å²) in [6.07, 6.45) is 3.82. The Bertz CT molecular complexity index is 423. The van der Waals surface area contributed by atoms with E-state index in [-0.39, 0.29) is 24.4 Å². The van der Waals surface area contributed by atoms with Gasteiger partial charge in [-0.25, -0.2) is 9.59 Å². The molecule has 19 heavy (non-hydrogen) atoms. The summed E-state index contributed by atoms with van der Waals surface area (Å²) in [5.74, 6) is -0.967. The summed E-state index contributed by atoms with van der Waals surface area (Å²) in [6, 6.07) is 1.84. The van der Waals surface area contributed by atoms with E-state index in [9.17, 15) is 14.7 Å². The minimum absolute atomic E-state index is 0.0194. The van der Waals surface area contributed by atoms with Crippen LogP contribution in [0, 0.1) is 17.2 Å². The molecule has 0 aromatic carbocycles. The minimum atomic E-state index is -1.18. The fourth-order valence-electron chi connectivity index (χ4n) is 2.29. The Morgan fingerprint density at radius 1 is 1.42 bits per heavy atom. The van der Waals surface area contributed by atoms with Crippen molar-refractivity contribution in [1.29, 1.82) is 5.26 Å². The number of urea groups is 1. The highest BCUT2D eigenvalue weighted by Crippen LogP contribution is 2.40. The first-order chi connectivity index (χ1) is 8.99. The van der Waals surface area contributed by atoms with Gasteiger partial charge >= 0.3 is 12.0 Å². The molecule has 0 spiro atoms. The van der Waals surface area contributed by atoms with Crippen molar-refractivity contribution in [3.8, 4) is 6.07 Å². The Balaban J connectivity index is 2.01. The van der Waals surface area contributed by atoms with Crippen molar-refractivity contribution in [3.63, 3.8) is 0 Å². The van der Waals surface area contributed by atoms with Gasteiger partial charge in [0, 0.05) is 12.6 Å². The zero-order chi connectivity index (χ0) is 14.0. The van der Waals surface area contributed by atoms with Crippen LogP contribution in [-0.2, 0) is 4.79 Å². The largest absolute Gasteiger partial charge is 0.480 e. The molecule has 0 bridgehead atoms. The lowest BCUT2D eigenvalue weighted by Crippen LogP contribution is -2.58. The van der Waals surface area contributed by atoms with Gasteiger partial charge in [0.25, 0.3) is 0 Å². The van der Waals surface area contributed by atoms with E-state index in [1.54, 1.807) is 11.8 Å². The number of carboxylic acids is 1. The van der Waals surface area contributed by atoms with Crippen molar-refractivity contribution in [1.82, 2.24) is 10.2 Å². The van der Waals surface area contributed by atoms with Crippen LogP contribution in [0.1, 0.15) is 39.0 Å². The lowest BCUT2D eigenvalue weighted by atomic mass is 9.96. The molecule has 2 N–H and O–H groups in total. The van der Waals surface area contributed by atoms with E-state index in [2.05, 4.69) is 5.32 Å². The van der Waals surface area contributed by atoms with Gasteiger partial charge in [0.1, 0.15) is 5.54 Å². The van der Waals surface area contributed by atoms with Gasteiger partial charge < -0.3 is 15.3 Å². The van der Waals surface area contributed by atoms with E-state index in [1.165, 1.54) is 0 Å². The summed E-state index contributed by atoms with van der Waals surface area (Å²) in [5, 5.41) is 20.6. The number of hydrogen-bond acceptors (Lipinski definition) is 3. The van der Waals surface area contributed by atoms with Crippen molar-refractivity contribution < 1.29 is 14.7 Å². The zero-order valence-corrected chi connectivity index (χ0v) is 11.1. The number of hydrogen-bond donors (Lipinski definition) is 2. The van der Waals surface area contributed by atoms with E-state index in [1.807, 2.05) is 6.07 Å². The fraction of sp³-hybridized carbons (Fsp3) is 0.769. The summed E-state index contributed by atoms with van der Waals surface area (Å²) >= 11 is 0. The number of amides is 2. The first-order valence-electron chi connectivity index (χ1n) is 6.68. The third-order valence-electron chi connectivity index (χ3n) is 3.92. The molecule has 1 atom stereocenters. The predicted octanol–water partition coefficient (Wildman–Crippen LogP) is 1.33. The normalized spacial score (nSPS) is 21.1. The van der Waals surface area contributed by atoms with Crippen LogP contribution in [-0.4, -0.2) is 40.1 Å². The molecule has 2 rings (SSSR count). The number of rotatable bonds is 6. The topological polar surface area (TPSA) is 93.4 Å². The van der Waals surface area contributed by atoms with Gasteiger partial charge in [0.15, 0.2) is 0 Å². The summed E-state index contributed by atoms with van der Waals surface area (Å²) in [4.78, 5) is 25.2. The maximum atomic E-state index is 12.2. The quantitative estimate of drug-likeness (QED) is 0.757. The molecule has 6 nitrogen and oxygen atoms in total. The van der Waals surface area contributed by atoms with Crippen LogP contribution in [0.4, 0.5) is 4.79 Å². The molecular weight excluding hydrogens is 246 g/mol. The number of carbonyl (C=O) groups excluding carboxylic acids is 1. The second-order valence-electron chi connectivity index (χ2n) is 5.54. The Labute approximate surface area is 112 Å². The SMILES string of the molecule is CC(NC(=O)N(CCC#N)C1CC1)(C(=O)O)C1CC1. The van der Waals surface area contributed by atoms with Crippen LogP contribution >= 0.6 is 0 Å². The van der Waals surface area contributed by atoms with Crippen molar-refractivity contribution in [2.45, 2.75) is 50.6 Å². The average Bonchev–Trinajstić information content (AvgIpc) is 3.20. The van der Waals surface area contributed by atoms with Gasteiger partial charge in [0.2, 0.25) is 0 Å². The number of nitriles is 1.